The lowest BCUT2D eigenvalue weighted by molar-refractivity contribution is -0.346. The molecule has 4 saturated carbocycles. The van der Waals surface area contributed by atoms with Gasteiger partial charge in [0.25, 0.3) is 0 Å². The molecule has 8 aliphatic rings. The maximum Gasteiger partial charge on any atom is 0.405 e. The van der Waals surface area contributed by atoms with Gasteiger partial charge >= 0.3 is 39.2 Å². The molecule has 6 bridgehead atoms. The summed E-state index contributed by atoms with van der Waals surface area (Å²) in [4.78, 5) is 42.7. The number of halogens is 6. The van der Waals surface area contributed by atoms with Gasteiger partial charge in [0.1, 0.15) is 19.3 Å². The molecule has 8 rings (SSSR count). The van der Waals surface area contributed by atoms with E-state index in [1.165, 1.54) is 16.7 Å². The first-order valence-electron chi connectivity index (χ1n) is 15.8. The van der Waals surface area contributed by atoms with Crippen LogP contribution in [0.5, 0.6) is 0 Å². The van der Waals surface area contributed by atoms with Crippen LogP contribution in [0.1, 0.15) is 52.9 Å². The van der Waals surface area contributed by atoms with Gasteiger partial charge in [0, 0.05) is 23.1 Å². The lowest BCUT2D eigenvalue weighted by atomic mass is 9.47. The van der Waals surface area contributed by atoms with Crippen molar-refractivity contribution < 1.29 is 72.6 Å². The summed E-state index contributed by atoms with van der Waals surface area (Å²) < 4.78 is 139. The number of hydrogen-bond donors (Lipinski definition) is 1. The zero-order valence-electron chi connectivity index (χ0n) is 26.0. The molecule has 0 radical (unpaired) electrons. The van der Waals surface area contributed by atoms with Crippen LogP contribution in [0.4, 0.5) is 26.3 Å². The second-order valence-corrected chi connectivity index (χ2v) is 17.6. The van der Waals surface area contributed by atoms with Crippen LogP contribution in [0.15, 0.2) is 0 Å². The van der Waals surface area contributed by atoms with Gasteiger partial charge in [-0.1, -0.05) is 0 Å². The van der Waals surface area contributed by atoms with E-state index < -0.39 is 128 Å². The molecule has 9 atom stereocenters. The Hall–Kier alpha value is -1.83. The number of likely N-dealkylation sites (tertiary alicyclic amines) is 1. The predicted molar refractivity (Wildman–Crippen MR) is 150 cm³/mol. The van der Waals surface area contributed by atoms with Gasteiger partial charge in [-0.25, -0.2) is 0 Å². The van der Waals surface area contributed by atoms with Crippen molar-refractivity contribution in [2.24, 2.45) is 35.0 Å². The van der Waals surface area contributed by atoms with Crippen molar-refractivity contribution in [2.45, 2.75) is 111 Å². The molecular weight excluding hydrogens is 700 g/mol. The topological polar surface area (TPSA) is 146 Å². The van der Waals surface area contributed by atoms with Crippen LogP contribution >= 0.6 is 11.8 Å². The second-order valence-electron chi connectivity index (χ2n) is 14.8. The van der Waals surface area contributed by atoms with Crippen LogP contribution in [0.3, 0.4) is 0 Å². The van der Waals surface area contributed by atoms with E-state index in [1.807, 2.05) is 0 Å². The van der Waals surface area contributed by atoms with E-state index >= 15 is 0 Å². The van der Waals surface area contributed by atoms with E-state index in [0.717, 1.165) is 0 Å². The van der Waals surface area contributed by atoms with Gasteiger partial charge in [-0.2, -0.15) is 34.8 Å². The number of ether oxygens (including phenoxy) is 4. The van der Waals surface area contributed by atoms with Crippen molar-refractivity contribution in [3.8, 4) is 0 Å². The summed E-state index contributed by atoms with van der Waals surface area (Å²) in [5.74, 6) is -16.8. The average molecular weight is 736 g/mol. The Morgan fingerprint density at radius 2 is 1.56 bits per heavy atom. The summed E-state index contributed by atoms with van der Waals surface area (Å²) in [5.41, 5.74) is -1.15. The van der Waals surface area contributed by atoms with Crippen LogP contribution < -0.4 is 0 Å². The molecule has 4 aliphatic heterocycles. The van der Waals surface area contributed by atoms with Crippen LogP contribution in [-0.4, -0.2) is 107 Å². The first-order valence-corrected chi connectivity index (χ1v) is 18.2. The first-order chi connectivity index (χ1) is 22.1. The molecular formula is C29H35F6NO10S2. The molecule has 9 unspecified atom stereocenters. The van der Waals surface area contributed by atoms with Crippen LogP contribution in [0.25, 0.3) is 0 Å². The van der Waals surface area contributed by atoms with Crippen molar-refractivity contribution in [3.63, 3.8) is 0 Å². The summed E-state index contributed by atoms with van der Waals surface area (Å²) in [5, 5.41) is -6.33. The molecule has 0 aromatic carbocycles. The van der Waals surface area contributed by atoms with E-state index in [0.29, 0.717) is 26.2 Å². The largest absolute Gasteiger partial charge is 0.458 e. The molecule has 1 N–H and O–H groups in total. The van der Waals surface area contributed by atoms with Crippen LogP contribution in [0, 0.1) is 35.0 Å². The normalized spacial score (nSPS) is 42.4. The van der Waals surface area contributed by atoms with E-state index in [-0.39, 0.29) is 18.8 Å². The maximum atomic E-state index is 14.3. The third kappa shape index (κ3) is 4.64. The number of hydrogen-bond acceptors (Lipinski definition) is 10. The first kappa shape index (κ1) is 34.6. The molecule has 4 aliphatic carbocycles. The lowest BCUT2D eigenvalue weighted by Gasteiger charge is -2.62. The fraction of sp³-hybridized carbons (Fsp3) is 0.897. The minimum absolute atomic E-state index is 0.0533. The molecule has 1 amide bonds. The fourth-order valence-corrected chi connectivity index (χ4v) is 12.3. The number of fused-ring (bicyclic) bond motifs is 1. The standard InChI is InChI=1S/C29H35F6NO10S2/c1-11(2)36-18-19(21-17(16(22(36)37)20(18)47-21)23(38)45-12(3)29(34,35)48(40,41)42)46-24(39)25-6-13-4-14(7-25)28(15(5-13)8-25)43-9-26(30,31)27(32,33)10-44-28/h11-21H,4-10H2,1-3H3,(H,40,41,42). The maximum absolute atomic E-state index is 14.3. The Kier molecular flexibility index (Phi) is 7.65. The highest BCUT2D eigenvalue weighted by Crippen LogP contribution is 2.67. The Morgan fingerprint density at radius 1 is 1.00 bits per heavy atom. The highest BCUT2D eigenvalue weighted by molar-refractivity contribution is 8.01. The zero-order chi connectivity index (χ0) is 35.1. The minimum Gasteiger partial charge on any atom is -0.458 e. The highest BCUT2D eigenvalue weighted by atomic mass is 32.2. The van der Waals surface area contributed by atoms with Crippen molar-refractivity contribution in [3.05, 3.63) is 0 Å². The average Bonchev–Trinajstić information content (AvgIpc) is 3.56. The van der Waals surface area contributed by atoms with Crippen LogP contribution in [-0.2, 0) is 43.4 Å². The summed E-state index contributed by atoms with van der Waals surface area (Å²) in [6, 6.07) is -1.08. The van der Waals surface area contributed by atoms with E-state index in [4.69, 9.17) is 23.5 Å². The second kappa shape index (κ2) is 10.6. The van der Waals surface area contributed by atoms with Crippen molar-refractivity contribution >= 4 is 39.7 Å². The van der Waals surface area contributed by atoms with Gasteiger partial charge in [-0.05, 0) is 58.8 Å². The van der Waals surface area contributed by atoms with Crippen LogP contribution in [0.2, 0.25) is 0 Å². The monoisotopic (exact) mass is 735 g/mol. The summed E-state index contributed by atoms with van der Waals surface area (Å²) in [7, 11) is -5.95. The van der Waals surface area contributed by atoms with Crippen molar-refractivity contribution in [2.75, 3.05) is 13.2 Å². The molecule has 0 aromatic rings. The van der Waals surface area contributed by atoms with Gasteiger partial charge < -0.3 is 23.8 Å². The minimum atomic E-state index is -5.95. The third-order valence-corrected chi connectivity index (χ3v) is 14.5. The van der Waals surface area contributed by atoms with Gasteiger partial charge in [-0.15, -0.1) is 11.8 Å². The van der Waals surface area contributed by atoms with Crippen molar-refractivity contribution in [1.82, 2.24) is 4.90 Å². The number of thioether (sulfide) groups is 1. The number of rotatable bonds is 7. The highest BCUT2D eigenvalue weighted by Gasteiger charge is 2.74. The Morgan fingerprint density at radius 3 is 2.08 bits per heavy atom. The Labute approximate surface area is 275 Å². The smallest absolute Gasteiger partial charge is 0.405 e. The number of alkyl halides is 6. The molecule has 270 valence electrons. The number of amides is 1. The molecule has 0 aromatic heterocycles. The predicted octanol–water partition coefficient (Wildman–Crippen LogP) is 3.50. The molecule has 4 saturated heterocycles. The SMILES string of the molecule is CC(C)N1C(=O)C2C3SC(C(OC(=O)C45CC6CC(C4)C4(OCC(F)(F)C(F)(F)CO4)C(C6)C5)C31)C2C(=O)OC(C)C(F)(F)S(=O)(=O)O. The molecule has 8 fully saturated rings. The van der Waals surface area contributed by atoms with Gasteiger partial charge in [0.15, 0.2) is 11.9 Å². The van der Waals surface area contributed by atoms with Gasteiger partial charge in [-0.3, -0.25) is 18.9 Å². The number of nitrogens with zero attached hydrogens (tertiary/aromatic N) is 1. The Balaban J connectivity index is 1.14. The number of esters is 2. The van der Waals surface area contributed by atoms with E-state index in [2.05, 4.69) is 0 Å². The van der Waals surface area contributed by atoms with Gasteiger partial charge in [0.05, 0.1) is 28.5 Å². The summed E-state index contributed by atoms with van der Waals surface area (Å²) in [6.07, 6.45) is -2.39. The van der Waals surface area contributed by atoms with Gasteiger partial charge in [0.2, 0.25) is 5.91 Å². The number of carbonyl (C=O) groups excluding carboxylic acids is 3. The molecule has 48 heavy (non-hydrogen) atoms. The Bertz CT molecular complexity index is 1490. The summed E-state index contributed by atoms with van der Waals surface area (Å²) >= 11 is 1.18. The fourth-order valence-electron chi connectivity index (χ4n) is 9.75. The molecule has 1 spiro atoms. The van der Waals surface area contributed by atoms with E-state index in [9.17, 15) is 49.1 Å². The quantitative estimate of drug-likeness (QED) is 0.233. The molecule has 4 heterocycles. The zero-order valence-corrected chi connectivity index (χ0v) is 27.6. The molecule has 11 nitrogen and oxygen atoms in total. The molecule has 19 heteroatoms. The third-order valence-electron chi connectivity index (χ3n) is 11.7. The van der Waals surface area contributed by atoms with E-state index in [1.54, 1.807) is 13.8 Å². The summed E-state index contributed by atoms with van der Waals surface area (Å²) in [6.45, 7) is 0.962. The van der Waals surface area contributed by atoms with Crippen molar-refractivity contribution in [1.29, 1.82) is 0 Å². The number of carbonyl (C=O) groups is 3. The lowest BCUT2D eigenvalue weighted by Crippen LogP contribution is -2.65.